The molecule has 0 aliphatic carbocycles. The van der Waals surface area contributed by atoms with E-state index in [9.17, 15) is 0 Å². The molecular weight excluding hydrogens is 160 g/mol. The third kappa shape index (κ3) is 2.68. The van der Waals surface area contributed by atoms with Gasteiger partial charge in [0.05, 0.1) is 0 Å². The second-order valence-electron chi connectivity index (χ2n) is 4.02. The largest absolute Gasteiger partial charge is 0.315 e. The minimum absolute atomic E-state index is 0.801. The molecule has 0 aromatic rings. The van der Waals surface area contributed by atoms with Crippen molar-refractivity contribution in [3.05, 3.63) is 0 Å². The van der Waals surface area contributed by atoms with Gasteiger partial charge in [-0.3, -0.25) is 4.90 Å². The maximum atomic E-state index is 3.50. The zero-order valence-corrected chi connectivity index (χ0v) is 9.34. The van der Waals surface area contributed by atoms with Crippen LogP contribution in [0.15, 0.2) is 0 Å². The zero-order chi connectivity index (χ0) is 9.68. The van der Waals surface area contributed by atoms with E-state index >= 15 is 0 Å². The molecule has 1 rings (SSSR count). The Morgan fingerprint density at radius 2 is 2.00 bits per heavy atom. The molecule has 1 N–H and O–H groups in total. The molecule has 0 aromatic heterocycles. The van der Waals surface area contributed by atoms with E-state index in [2.05, 4.69) is 31.0 Å². The van der Waals surface area contributed by atoms with Gasteiger partial charge in [0, 0.05) is 12.6 Å². The average Bonchev–Trinajstić information content (AvgIpc) is 2.61. The first-order valence-electron chi connectivity index (χ1n) is 5.78. The summed E-state index contributed by atoms with van der Waals surface area (Å²) >= 11 is 0. The van der Waals surface area contributed by atoms with Crippen LogP contribution in [0.4, 0.5) is 0 Å². The van der Waals surface area contributed by atoms with E-state index in [-0.39, 0.29) is 0 Å². The van der Waals surface area contributed by atoms with Crippen LogP contribution in [0, 0.1) is 5.92 Å². The van der Waals surface area contributed by atoms with Crippen molar-refractivity contribution in [1.82, 2.24) is 10.2 Å². The summed E-state index contributed by atoms with van der Waals surface area (Å²) in [5.41, 5.74) is 0. The van der Waals surface area contributed by atoms with Crippen molar-refractivity contribution in [2.75, 3.05) is 26.2 Å². The van der Waals surface area contributed by atoms with Gasteiger partial charge >= 0.3 is 0 Å². The second kappa shape index (κ2) is 5.61. The van der Waals surface area contributed by atoms with E-state index in [1.165, 1.54) is 39.0 Å². The Labute approximate surface area is 82.7 Å². The van der Waals surface area contributed by atoms with Crippen LogP contribution in [0.25, 0.3) is 0 Å². The molecule has 0 spiro atoms. The molecule has 0 bridgehead atoms. The van der Waals surface area contributed by atoms with Crippen molar-refractivity contribution in [2.24, 2.45) is 5.92 Å². The highest BCUT2D eigenvalue weighted by Crippen LogP contribution is 2.18. The van der Waals surface area contributed by atoms with Gasteiger partial charge in [0.25, 0.3) is 0 Å². The van der Waals surface area contributed by atoms with Crippen molar-refractivity contribution < 1.29 is 0 Å². The normalized spacial score (nSPS) is 28.6. The molecule has 2 unspecified atom stereocenters. The Morgan fingerprint density at radius 1 is 1.23 bits per heavy atom. The molecule has 0 saturated carbocycles. The summed E-state index contributed by atoms with van der Waals surface area (Å²) in [5.74, 6) is 0.881. The Kier molecular flexibility index (Phi) is 4.74. The molecule has 0 amide bonds. The summed E-state index contributed by atoms with van der Waals surface area (Å²) in [6, 6.07) is 0.801. The van der Waals surface area contributed by atoms with Crippen LogP contribution in [-0.4, -0.2) is 37.1 Å². The molecule has 1 saturated heterocycles. The maximum absolute atomic E-state index is 3.50. The lowest BCUT2D eigenvalue weighted by Gasteiger charge is -2.30. The molecule has 0 aromatic carbocycles. The topological polar surface area (TPSA) is 15.3 Å². The number of rotatable bonds is 5. The standard InChI is InChI=1S/C11H24N2/c1-4-7-13(6-3)11-9-12-8-10(11)5-2/h10-12H,4-9H2,1-3H3. The van der Waals surface area contributed by atoms with Gasteiger partial charge in [0.2, 0.25) is 0 Å². The van der Waals surface area contributed by atoms with E-state index in [4.69, 9.17) is 0 Å². The number of nitrogens with one attached hydrogen (secondary N) is 1. The van der Waals surface area contributed by atoms with Crippen LogP contribution in [-0.2, 0) is 0 Å². The number of nitrogens with zero attached hydrogens (tertiary/aromatic N) is 1. The fraction of sp³-hybridized carbons (Fsp3) is 1.00. The summed E-state index contributed by atoms with van der Waals surface area (Å²) in [5, 5.41) is 3.50. The quantitative estimate of drug-likeness (QED) is 0.700. The van der Waals surface area contributed by atoms with Crippen molar-refractivity contribution in [1.29, 1.82) is 0 Å². The van der Waals surface area contributed by atoms with Gasteiger partial charge in [0.1, 0.15) is 0 Å². The molecule has 78 valence electrons. The smallest absolute Gasteiger partial charge is 0.0260 e. The lowest BCUT2D eigenvalue weighted by atomic mass is 9.99. The molecule has 1 aliphatic rings. The van der Waals surface area contributed by atoms with E-state index in [1.54, 1.807) is 0 Å². The van der Waals surface area contributed by atoms with Gasteiger partial charge in [-0.15, -0.1) is 0 Å². The van der Waals surface area contributed by atoms with Crippen molar-refractivity contribution in [2.45, 2.75) is 39.7 Å². The third-order valence-electron chi connectivity index (χ3n) is 3.21. The molecule has 13 heavy (non-hydrogen) atoms. The van der Waals surface area contributed by atoms with Crippen LogP contribution in [0.1, 0.15) is 33.6 Å². The fourth-order valence-corrected chi connectivity index (χ4v) is 2.41. The first-order valence-corrected chi connectivity index (χ1v) is 5.78. The van der Waals surface area contributed by atoms with Crippen LogP contribution < -0.4 is 5.32 Å². The van der Waals surface area contributed by atoms with Crippen LogP contribution >= 0.6 is 0 Å². The Hall–Kier alpha value is -0.0800. The molecule has 1 heterocycles. The van der Waals surface area contributed by atoms with Gasteiger partial charge in [-0.2, -0.15) is 0 Å². The summed E-state index contributed by atoms with van der Waals surface area (Å²) in [6.45, 7) is 11.8. The number of hydrogen-bond acceptors (Lipinski definition) is 2. The monoisotopic (exact) mass is 184 g/mol. The predicted octanol–water partition coefficient (Wildman–Crippen LogP) is 1.72. The first kappa shape index (κ1) is 11.0. The lowest BCUT2D eigenvalue weighted by Crippen LogP contribution is -2.41. The maximum Gasteiger partial charge on any atom is 0.0260 e. The molecular formula is C11H24N2. The molecule has 1 aliphatic heterocycles. The van der Waals surface area contributed by atoms with Gasteiger partial charge in [-0.1, -0.05) is 27.2 Å². The van der Waals surface area contributed by atoms with Crippen molar-refractivity contribution >= 4 is 0 Å². The van der Waals surface area contributed by atoms with Crippen molar-refractivity contribution in [3.8, 4) is 0 Å². The molecule has 2 atom stereocenters. The summed E-state index contributed by atoms with van der Waals surface area (Å²) in [7, 11) is 0. The molecule has 2 nitrogen and oxygen atoms in total. The van der Waals surface area contributed by atoms with Gasteiger partial charge < -0.3 is 5.32 Å². The molecule has 1 fully saturated rings. The van der Waals surface area contributed by atoms with Crippen molar-refractivity contribution in [3.63, 3.8) is 0 Å². The predicted molar refractivity (Wildman–Crippen MR) is 58.0 cm³/mol. The summed E-state index contributed by atoms with van der Waals surface area (Å²) in [6.07, 6.45) is 2.60. The minimum Gasteiger partial charge on any atom is -0.315 e. The van der Waals surface area contributed by atoms with Gasteiger partial charge in [-0.05, 0) is 32.0 Å². The van der Waals surface area contributed by atoms with Crippen LogP contribution in [0.2, 0.25) is 0 Å². The summed E-state index contributed by atoms with van der Waals surface area (Å²) in [4.78, 5) is 2.63. The highest BCUT2D eigenvalue weighted by Gasteiger charge is 2.29. The molecule has 2 heteroatoms. The van der Waals surface area contributed by atoms with Crippen LogP contribution in [0.3, 0.4) is 0 Å². The average molecular weight is 184 g/mol. The Bertz CT molecular complexity index is 136. The number of hydrogen-bond donors (Lipinski definition) is 1. The third-order valence-corrected chi connectivity index (χ3v) is 3.21. The van der Waals surface area contributed by atoms with Gasteiger partial charge in [0.15, 0.2) is 0 Å². The highest BCUT2D eigenvalue weighted by molar-refractivity contribution is 4.87. The second-order valence-corrected chi connectivity index (χ2v) is 4.02. The summed E-state index contributed by atoms with van der Waals surface area (Å²) < 4.78 is 0. The van der Waals surface area contributed by atoms with E-state index in [0.717, 1.165) is 12.0 Å². The number of likely N-dealkylation sites (N-methyl/N-ethyl adjacent to an activating group) is 1. The molecule has 0 radical (unpaired) electrons. The minimum atomic E-state index is 0.801. The fourth-order valence-electron chi connectivity index (χ4n) is 2.41. The SMILES string of the molecule is CCCN(CC)C1CNCC1CC. The Morgan fingerprint density at radius 3 is 2.54 bits per heavy atom. The van der Waals surface area contributed by atoms with E-state index < -0.39 is 0 Å². The van der Waals surface area contributed by atoms with Gasteiger partial charge in [-0.25, -0.2) is 0 Å². The first-order chi connectivity index (χ1) is 6.33. The lowest BCUT2D eigenvalue weighted by molar-refractivity contribution is 0.178. The van der Waals surface area contributed by atoms with E-state index in [1.807, 2.05) is 0 Å². The van der Waals surface area contributed by atoms with E-state index in [0.29, 0.717) is 0 Å². The zero-order valence-electron chi connectivity index (χ0n) is 9.34. The Balaban J connectivity index is 2.46. The van der Waals surface area contributed by atoms with Crippen LogP contribution in [0.5, 0.6) is 0 Å². The highest BCUT2D eigenvalue weighted by atomic mass is 15.2.